The largest absolute Gasteiger partial charge is 0.379 e. The fourth-order valence-electron chi connectivity index (χ4n) is 3.06. The standard InChI is InChI=1S/C19H24N6O4/c1-14(26)15-4-2-5-16(12-15)23-19-17(25(27)28)18(21-13-22-19)20-6-3-7-24-8-10-29-11-9-24/h2,4-5,12-13H,3,6-11H2,1H3,(H2,20,21,22,23). The van der Waals surface area contributed by atoms with Crippen LogP contribution in [0, 0.1) is 10.1 Å². The van der Waals surface area contributed by atoms with E-state index in [0.29, 0.717) is 17.8 Å². The highest BCUT2D eigenvalue weighted by Crippen LogP contribution is 2.31. The summed E-state index contributed by atoms with van der Waals surface area (Å²) < 4.78 is 5.32. The molecule has 1 aromatic carbocycles. The van der Waals surface area contributed by atoms with Gasteiger partial charge >= 0.3 is 5.69 Å². The van der Waals surface area contributed by atoms with Crippen molar-refractivity contribution in [2.45, 2.75) is 13.3 Å². The number of ether oxygens (including phenoxy) is 1. The first-order valence-electron chi connectivity index (χ1n) is 9.46. The molecule has 2 heterocycles. The van der Waals surface area contributed by atoms with E-state index < -0.39 is 4.92 Å². The van der Waals surface area contributed by atoms with Crippen molar-refractivity contribution in [1.82, 2.24) is 14.9 Å². The molecule has 1 fully saturated rings. The molecule has 1 aliphatic rings. The molecule has 154 valence electrons. The number of nitro groups is 1. The number of ketones is 1. The predicted molar refractivity (Wildman–Crippen MR) is 109 cm³/mol. The van der Waals surface area contributed by atoms with Crippen molar-refractivity contribution >= 4 is 28.8 Å². The summed E-state index contributed by atoms with van der Waals surface area (Å²) in [6.45, 7) is 6.19. The second-order valence-electron chi connectivity index (χ2n) is 6.67. The zero-order valence-electron chi connectivity index (χ0n) is 16.3. The van der Waals surface area contributed by atoms with Gasteiger partial charge in [0, 0.05) is 30.9 Å². The Morgan fingerprint density at radius 1 is 1.28 bits per heavy atom. The van der Waals surface area contributed by atoms with Gasteiger partial charge in [-0.1, -0.05) is 12.1 Å². The molecule has 1 aromatic heterocycles. The number of benzene rings is 1. The van der Waals surface area contributed by atoms with E-state index in [0.717, 1.165) is 39.3 Å². The van der Waals surface area contributed by atoms with Crippen LogP contribution in [0.2, 0.25) is 0 Å². The molecule has 0 atom stereocenters. The van der Waals surface area contributed by atoms with Gasteiger partial charge in [0.05, 0.1) is 18.1 Å². The van der Waals surface area contributed by atoms with E-state index in [9.17, 15) is 14.9 Å². The van der Waals surface area contributed by atoms with Gasteiger partial charge in [-0.05, 0) is 32.0 Å². The first-order chi connectivity index (χ1) is 14.0. The lowest BCUT2D eigenvalue weighted by Crippen LogP contribution is -2.37. The number of Topliss-reactive ketones (excluding diaryl/α,β-unsaturated/α-hetero) is 1. The molecule has 0 amide bonds. The van der Waals surface area contributed by atoms with Crippen molar-refractivity contribution in [3.05, 3.63) is 46.3 Å². The topological polar surface area (TPSA) is 123 Å². The quantitative estimate of drug-likeness (QED) is 0.283. The summed E-state index contributed by atoms with van der Waals surface area (Å²) in [4.78, 5) is 33.1. The third kappa shape index (κ3) is 5.69. The highest BCUT2D eigenvalue weighted by molar-refractivity contribution is 5.95. The highest BCUT2D eigenvalue weighted by Gasteiger charge is 2.23. The monoisotopic (exact) mass is 400 g/mol. The zero-order chi connectivity index (χ0) is 20.6. The van der Waals surface area contributed by atoms with Gasteiger partial charge in [0.1, 0.15) is 6.33 Å². The summed E-state index contributed by atoms with van der Waals surface area (Å²) in [5, 5.41) is 17.6. The Balaban J connectivity index is 1.68. The Bertz CT molecular complexity index is 870. The van der Waals surface area contributed by atoms with Gasteiger partial charge in [0.2, 0.25) is 11.6 Å². The molecule has 0 spiro atoms. The lowest BCUT2D eigenvalue weighted by atomic mass is 10.1. The number of aromatic nitrogens is 2. The smallest absolute Gasteiger partial charge is 0.353 e. The third-order valence-electron chi connectivity index (χ3n) is 4.58. The minimum atomic E-state index is -0.512. The number of carbonyl (C=O) groups excluding carboxylic acids is 1. The van der Waals surface area contributed by atoms with E-state index in [1.165, 1.54) is 13.3 Å². The summed E-state index contributed by atoms with van der Waals surface area (Å²) in [5.74, 6) is 0.145. The van der Waals surface area contributed by atoms with E-state index in [1.807, 2.05) is 0 Å². The van der Waals surface area contributed by atoms with E-state index in [2.05, 4.69) is 25.5 Å². The molecule has 0 unspecified atom stereocenters. The normalized spacial score (nSPS) is 14.4. The lowest BCUT2D eigenvalue weighted by molar-refractivity contribution is -0.383. The van der Waals surface area contributed by atoms with Crippen LogP contribution in [0.5, 0.6) is 0 Å². The van der Waals surface area contributed by atoms with Gasteiger partial charge in [-0.3, -0.25) is 19.8 Å². The van der Waals surface area contributed by atoms with E-state index in [4.69, 9.17) is 4.74 Å². The van der Waals surface area contributed by atoms with Crippen LogP contribution in [0.3, 0.4) is 0 Å². The van der Waals surface area contributed by atoms with E-state index in [-0.39, 0.29) is 23.1 Å². The van der Waals surface area contributed by atoms with Gasteiger partial charge in [-0.15, -0.1) is 0 Å². The van der Waals surface area contributed by atoms with Crippen molar-refractivity contribution in [3.8, 4) is 0 Å². The summed E-state index contributed by atoms with van der Waals surface area (Å²) >= 11 is 0. The molecule has 2 aromatic rings. The maximum atomic E-state index is 11.7. The average Bonchev–Trinajstić information content (AvgIpc) is 2.72. The van der Waals surface area contributed by atoms with Crippen molar-refractivity contribution in [2.24, 2.45) is 0 Å². The molecule has 0 saturated carbocycles. The first kappa shape index (κ1) is 20.6. The number of rotatable bonds is 9. The maximum Gasteiger partial charge on any atom is 0.353 e. The van der Waals surface area contributed by atoms with Crippen LogP contribution in [0.25, 0.3) is 0 Å². The minimum absolute atomic E-state index is 0.0707. The first-order valence-corrected chi connectivity index (χ1v) is 9.46. The number of morpholine rings is 1. The SMILES string of the molecule is CC(=O)c1cccc(Nc2ncnc(NCCCN3CCOCC3)c2[N+](=O)[O-])c1. The van der Waals surface area contributed by atoms with Crippen molar-refractivity contribution in [1.29, 1.82) is 0 Å². The molecule has 0 aliphatic carbocycles. The number of nitrogens with zero attached hydrogens (tertiary/aromatic N) is 4. The van der Waals surface area contributed by atoms with Crippen LogP contribution in [-0.2, 0) is 4.74 Å². The van der Waals surface area contributed by atoms with Gasteiger partial charge in [-0.2, -0.15) is 0 Å². The Labute approximate surface area is 168 Å². The number of hydrogen-bond donors (Lipinski definition) is 2. The molecule has 10 heteroatoms. The Kier molecular flexibility index (Phi) is 7.04. The molecular formula is C19H24N6O4. The van der Waals surface area contributed by atoms with Gasteiger partial charge in [0.25, 0.3) is 0 Å². The number of anilines is 3. The molecule has 1 aliphatic heterocycles. The van der Waals surface area contributed by atoms with E-state index >= 15 is 0 Å². The van der Waals surface area contributed by atoms with Crippen LogP contribution < -0.4 is 10.6 Å². The molecule has 1 saturated heterocycles. The summed E-state index contributed by atoms with van der Waals surface area (Å²) in [7, 11) is 0. The molecule has 29 heavy (non-hydrogen) atoms. The van der Waals surface area contributed by atoms with Crippen molar-refractivity contribution in [3.63, 3.8) is 0 Å². The third-order valence-corrected chi connectivity index (χ3v) is 4.58. The van der Waals surface area contributed by atoms with Gasteiger partial charge < -0.3 is 15.4 Å². The zero-order valence-corrected chi connectivity index (χ0v) is 16.3. The minimum Gasteiger partial charge on any atom is -0.379 e. The highest BCUT2D eigenvalue weighted by atomic mass is 16.6. The van der Waals surface area contributed by atoms with Crippen LogP contribution in [0.15, 0.2) is 30.6 Å². The molecule has 3 rings (SSSR count). The average molecular weight is 400 g/mol. The summed E-state index contributed by atoms with van der Waals surface area (Å²) in [6, 6.07) is 6.73. The van der Waals surface area contributed by atoms with Crippen LogP contribution >= 0.6 is 0 Å². The molecular weight excluding hydrogens is 376 g/mol. The molecule has 2 N–H and O–H groups in total. The van der Waals surface area contributed by atoms with Crippen molar-refractivity contribution in [2.75, 3.05) is 50.0 Å². The second kappa shape index (κ2) is 9.89. The lowest BCUT2D eigenvalue weighted by Gasteiger charge is -2.26. The Morgan fingerprint density at radius 2 is 2.03 bits per heavy atom. The Morgan fingerprint density at radius 3 is 2.76 bits per heavy atom. The Hall–Kier alpha value is -3.11. The fraction of sp³-hybridized carbons (Fsp3) is 0.421. The van der Waals surface area contributed by atoms with Gasteiger partial charge in [0.15, 0.2) is 5.78 Å². The number of carbonyl (C=O) groups is 1. The van der Waals surface area contributed by atoms with Crippen molar-refractivity contribution < 1.29 is 14.5 Å². The second-order valence-corrected chi connectivity index (χ2v) is 6.67. The fourth-order valence-corrected chi connectivity index (χ4v) is 3.06. The van der Waals surface area contributed by atoms with Gasteiger partial charge in [-0.25, -0.2) is 9.97 Å². The molecule has 0 bridgehead atoms. The molecule has 0 radical (unpaired) electrons. The van der Waals surface area contributed by atoms with E-state index in [1.54, 1.807) is 24.3 Å². The van der Waals surface area contributed by atoms with Crippen LogP contribution in [-0.4, -0.2) is 65.0 Å². The summed E-state index contributed by atoms with van der Waals surface area (Å²) in [5.41, 5.74) is 0.818. The number of hydrogen-bond acceptors (Lipinski definition) is 9. The van der Waals surface area contributed by atoms with Crippen LogP contribution in [0.1, 0.15) is 23.7 Å². The van der Waals surface area contributed by atoms with Crippen LogP contribution in [0.4, 0.5) is 23.0 Å². The number of nitrogens with one attached hydrogen (secondary N) is 2. The molecule has 10 nitrogen and oxygen atoms in total. The maximum absolute atomic E-state index is 11.7. The predicted octanol–water partition coefficient (Wildman–Crippen LogP) is 2.47. The summed E-state index contributed by atoms with van der Waals surface area (Å²) in [6.07, 6.45) is 2.10.